The van der Waals surface area contributed by atoms with E-state index in [0.717, 1.165) is 24.7 Å². The van der Waals surface area contributed by atoms with Gasteiger partial charge in [0.05, 0.1) is 6.61 Å². The first-order valence-corrected chi connectivity index (χ1v) is 8.49. The van der Waals surface area contributed by atoms with Crippen LogP contribution < -0.4 is 16.0 Å². The molecule has 0 radical (unpaired) electrons. The van der Waals surface area contributed by atoms with Crippen LogP contribution >= 0.6 is 0 Å². The van der Waals surface area contributed by atoms with E-state index in [1.807, 2.05) is 6.07 Å². The van der Waals surface area contributed by atoms with Gasteiger partial charge in [-0.05, 0) is 42.4 Å². The molecule has 1 saturated carbocycles. The van der Waals surface area contributed by atoms with Gasteiger partial charge in [-0.1, -0.05) is 51.7 Å². The Morgan fingerprint density at radius 1 is 1.29 bits per heavy atom. The molecular weight excluding hydrogens is 260 g/mol. The highest BCUT2D eigenvalue weighted by atomic mass is 16.5. The summed E-state index contributed by atoms with van der Waals surface area (Å²) in [6, 6.07) is 8.67. The fraction of sp³-hybridized carbons (Fsp3) is 0.667. The second-order valence-electron chi connectivity index (χ2n) is 6.18. The van der Waals surface area contributed by atoms with Crippen LogP contribution in [0.1, 0.15) is 64.0 Å². The Bertz CT molecular complexity index is 421. The summed E-state index contributed by atoms with van der Waals surface area (Å²) < 4.78 is 5.76. The summed E-state index contributed by atoms with van der Waals surface area (Å²) in [5.74, 6) is 8.28. The van der Waals surface area contributed by atoms with Crippen molar-refractivity contribution >= 4 is 0 Å². The molecule has 0 bridgehead atoms. The molecule has 0 aliphatic heterocycles. The number of nitrogens with two attached hydrogens (primary N) is 1. The second kappa shape index (κ2) is 8.40. The summed E-state index contributed by atoms with van der Waals surface area (Å²) in [6.07, 6.45) is 7.58. The SMILES string of the molecule is CCCOc1cccc(C(NN)C2CCCCC2CC)c1. The molecule has 3 nitrogen and oxygen atoms in total. The van der Waals surface area contributed by atoms with Gasteiger partial charge in [0.25, 0.3) is 0 Å². The van der Waals surface area contributed by atoms with E-state index in [-0.39, 0.29) is 6.04 Å². The minimum atomic E-state index is 0.237. The second-order valence-corrected chi connectivity index (χ2v) is 6.18. The first-order valence-electron chi connectivity index (χ1n) is 8.49. The summed E-state index contributed by atoms with van der Waals surface area (Å²) in [4.78, 5) is 0. The van der Waals surface area contributed by atoms with Crippen LogP contribution in [0.15, 0.2) is 24.3 Å². The molecule has 3 N–H and O–H groups in total. The number of ether oxygens (including phenoxy) is 1. The minimum absolute atomic E-state index is 0.237. The molecule has 0 spiro atoms. The topological polar surface area (TPSA) is 47.3 Å². The van der Waals surface area contributed by atoms with Crippen molar-refractivity contribution in [3.8, 4) is 5.75 Å². The molecule has 1 aromatic carbocycles. The Morgan fingerprint density at radius 2 is 2.10 bits per heavy atom. The summed E-state index contributed by atoms with van der Waals surface area (Å²) >= 11 is 0. The van der Waals surface area contributed by atoms with E-state index in [4.69, 9.17) is 10.6 Å². The fourth-order valence-electron chi connectivity index (χ4n) is 3.67. The van der Waals surface area contributed by atoms with Crippen LogP contribution in [0, 0.1) is 11.8 Å². The standard InChI is InChI=1S/C18H30N2O/c1-3-12-21-16-10-7-9-15(13-16)18(20-19)17-11-6-5-8-14(17)4-2/h7,9-10,13-14,17-18,20H,3-6,8,11-12,19H2,1-2H3. The number of benzene rings is 1. The third-order valence-electron chi connectivity index (χ3n) is 4.79. The number of hydrogen-bond donors (Lipinski definition) is 2. The van der Waals surface area contributed by atoms with Gasteiger partial charge in [0, 0.05) is 6.04 Å². The summed E-state index contributed by atoms with van der Waals surface area (Å²) in [5, 5.41) is 0. The maximum atomic E-state index is 5.91. The van der Waals surface area contributed by atoms with E-state index in [9.17, 15) is 0 Å². The average Bonchev–Trinajstić information content (AvgIpc) is 2.54. The summed E-state index contributed by atoms with van der Waals surface area (Å²) in [7, 11) is 0. The molecule has 3 heteroatoms. The van der Waals surface area contributed by atoms with Gasteiger partial charge >= 0.3 is 0 Å². The van der Waals surface area contributed by atoms with Gasteiger partial charge in [-0.25, -0.2) is 0 Å². The Kier molecular flexibility index (Phi) is 6.52. The van der Waals surface area contributed by atoms with Crippen LogP contribution in [0.5, 0.6) is 5.75 Å². The number of rotatable bonds is 7. The van der Waals surface area contributed by atoms with Gasteiger partial charge < -0.3 is 4.74 Å². The van der Waals surface area contributed by atoms with Crippen molar-refractivity contribution in [3.63, 3.8) is 0 Å². The third kappa shape index (κ3) is 4.21. The van der Waals surface area contributed by atoms with Crippen LogP contribution in [-0.4, -0.2) is 6.61 Å². The first kappa shape index (κ1) is 16.3. The van der Waals surface area contributed by atoms with Crippen molar-refractivity contribution in [3.05, 3.63) is 29.8 Å². The van der Waals surface area contributed by atoms with E-state index in [1.54, 1.807) is 0 Å². The molecule has 1 aliphatic carbocycles. The summed E-state index contributed by atoms with van der Waals surface area (Å²) in [5.41, 5.74) is 4.34. The highest BCUT2D eigenvalue weighted by Crippen LogP contribution is 2.40. The molecule has 0 aromatic heterocycles. The molecule has 0 saturated heterocycles. The van der Waals surface area contributed by atoms with Crippen molar-refractivity contribution in [2.45, 2.75) is 58.4 Å². The van der Waals surface area contributed by atoms with E-state index >= 15 is 0 Å². The quantitative estimate of drug-likeness (QED) is 0.584. The third-order valence-corrected chi connectivity index (χ3v) is 4.79. The number of nitrogens with one attached hydrogen (secondary N) is 1. The van der Waals surface area contributed by atoms with Crippen molar-refractivity contribution in [2.75, 3.05) is 6.61 Å². The van der Waals surface area contributed by atoms with E-state index in [2.05, 4.69) is 37.5 Å². The Hall–Kier alpha value is -1.06. The molecule has 0 amide bonds. The molecule has 0 heterocycles. The van der Waals surface area contributed by atoms with E-state index < -0.39 is 0 Å². The van der Waals surface area contributed by atoms with E-state index in [0.29, 0.717) is 5.92 Å². The van der Waals surface area contributed by atoms with Crippen LogP contribution in [0.4, 0.5) is 0 Å². The molecule has 21 heavy (non-hydrogen) atoms. The lowest BCUT2D eigenvalue weighted by molar-refractivity contribution is 0.175. The zero-order valence-corrected chi connectivity index (χ0v) is 13.5. The molecular formula is C18H30N2O. The normalized spacial score (nSPS) is 23.8. The molecule has 1 aromatic rings. The zero-order valence-electron chi connectivity index (χ0n) is 13.5. The Balaban J connectivity index is 2.15. The predicted octanol–water partition coefficient (Wildman–Crippen LogP) is 4.20. The monoisotopic (exact) mass is 290 g/mol. The van der Waals surface area contributed by atoms with Crippen LogP contribution in [0.3, 0.4) is 0 Å². The first-order chi connectivity index (χ1) is 10.3. The molecule has 3 unspecified atom stereocenters. The number of hydrogen-bond acceptors (Lipinski definition) is 3. The van der Waals surface area contributed by atoms with Crippen molar-refractivity contribution < 1.29 is 4.74 Å². The fourth-order valence-corrected chi connectivity index (χ4v) is 3.67. The summed E-state index contributed by atoms with van der Waals surface area (Å²) in [6.45, 7) is 5.20. The molecule has 3 atom stereocenters. The molecule has 1 fully saturated rings. The minimum Gasteiger partial charge on any atom is -0.494 e. The van der Waals surface area contributed by atoms with Gasteiger partial charge in [0.2, 0.25) is 0 Å². The average molecular weight is 290 g/mol. The van der Waals surface area contributed by atoms with Gasteiger partial charge in [0.1, 0.15) is 5.75 Å². The molecule has 118 valence electrons. The highest BCUT2D eigenvalue weighted by molar-refractivity contribution is 5.31. The van der Waals surface area contributed by atoms with E-state index in [1.165, 1.54) is 37.7 Å². The van der Waals surface area contributed by atoms with Crippen molar-refractivity contribution in [1.29, 1.82) is 0 Å². The Labute approximate surface area is 129 Å². The smallest absolute Gasteiger partial charge is 0.119 e. The predicted molar refractivity (Wildman–Crippen MR) is 88.0 cm³/mol. The zero-order chi connectivity index (χ0) is 15.1. The van der Waals surface area contributed by atoms with Crippen LogP contribution in [0.25, 0.3) is 0 Å². The maximum Gasteiger partial charge on any atom is 0.119 e. The van der Waals surface area contributed by atoms with Crippen molar-refractivity contribution in [2.24, 2.45) is 17.7 Å². The largest absolute Gasteiger partial charge is 0.494 e. The van der Waals surface area contributed by atoms with Gasteiger partial charge in [-0.2, -0.15) is 0 Å². The lowest BCUT2D eigenvalue weighted by Gasteiger charge is -2.37. The lowest BCUT2D eigenvalue weighted by Crippen LogP contribution is -2.38. The molecule has 1 aliphatic rings. The van der Waals surface area contributed by atoms with Crippen LogP contribution in [-0.2, 0) is 0 Å². The molecule has 2 rings (SSSR count). The highest BCUT2D eigenvalue weighted by Gasteiger charge is 2.31. The lowest BCUT2D eigenvalue weighted by atomic mass is 9.72. The van der Waals surface area contributed by atoms with Crippen LogP contribution in [0.2, 0.25) is 0 Å². The van der Waals surface area contributed by atoms with Gasteiger partial charge in [0.15, 0.2) is 0 Å². The van der Waals surface area contributed by atoms with Gasteiger partial charge in [-0.3, -0.25) is 11.3 Å². The van der Waals surface area contributed by atoms with Crippen molar-refractivity contribution in [1.82, 2.24) is 5.43 Å². The Morgan fingerprint density at radius 3 is 2.81 bits per heavy atom. The maximum absolute atomic E-state index is 5.91. The van der Waals surface area contributed by atoms with Gasteiger partial charge in [-0.15, -0.1) is 0 Å². The number of hydrazine groups is 1.